The summed E-state index contributed by atoms with van der Waals surface area (Å²) in [6.45, 7) is 1.64. The number of anilines is 3. The number of pyridine rings is 1. The standard InChI is InChI=1S/C19H15F3N6/c1-10-15(4-2-11-3-5-16(24)26-9-11)17(28-18(25)27-10)12-6-13(19(20,21)22)8-14(23)7-12/h3,5-9H,23H2,1H3,(H2,24,26)(H2,25,27,28). The van der Waals surface area contributed by atoms with Gasteiger partial charge in [-0.1, -0.05) is 11.8 Å². The Hall–Kier alpha value is -3.80. The van der Waals surface area contributed by atoms with Gasteiger partial charge in [-0.3, -0.25) is 0 Å². The second kappa shape index (κ2) is 7.08. The summed E-state index contributed by atoms with van der Waals surface area (Å²) >= 11 is 0. The Morgan fingerprint density at radius 3 is 2.36 bits per heavy atom. The molecule has 9 heteroatoms. The maximum Gasteiger partial charge on any atom is 0.416 e. The van der Waals surface area contributed by atoms with Crippen LogP contribution in [0.2, 0.25) is 0 Å². The van der Waals surface area contributed by atoms with Crippen molar-refractivity contribution >= 4 is 17.5 Å². The summed E-state index contributed by atoms with van der Waals surface area (Å²) in [6.07, 6.45) is -3.07. The van der Waals surface area contributed by atoms with Crippen LogP contribution in [-0.4, -0.2) is 15.0 Å². The van der Waals surface area contributed by atoms with E-state index in [1.165, 1.54) is 12.3 Å². The molecule has 6 N–H and O–H groups in total. The summed E-state index contributed by atoms with van der Waals surface area (Å²) in [5, 5.41) is 0. The molecule has 1 aromatic carbocycles. The van der Waals surface area contributed by atoms with E-state index < -0.39 is 11.7 Å². The average Bonchev–Trinajstić information content (AvgIpc) is 2.60. The Morgan fingerprint density at radius 2 is 1.71 bits per heavy atom. The summed E-state index contributed by atoms with van der Waals surface area (Å²) < 4.78 is 39.5. The normalized spacial score (nSPS) is 11.0. The minimum atomic E-state index is -4.56. The third-order valence-corrected chi connectivity index (χ3v) is 3.78. The molecular formula is C19H15F3N6. The first-order valence-electron chi connectivity index (χ1n) is 7.99. The number of rotatable bonds is 1. The SMILES string of the molecule is Cc1nc(N)nc(-c2cc(N)cc(C(F)(F)F)c2)c1C#Cc1ccc(N)nc1. The van der Waals surface area contributed by atoms with Crippen LogP contribution in [0.5, 0.6) is 0 Å². The molecule has 0 aliphatic rings. The molecule has 142 valence electrons. The Morgan fingerprint density at radius 1 is 0.964 bits per heavy atom. The van der Waals surface area contributed by atoms with Crippen molar-refractivity contribution < 1.29 is 13.2 Å². The number of hydrogen-bond donors (Lipinski definition) is 3. The summed E-state index contributed by atoms with van der Waals surface area (Å²) in [6, 6.07) is 6.45. The van der Waals surface area contributed by atoms with Crippen molar-refractivity contribution in [3.63, 3.8) is 0 Å². The molecule has 28 heavy (non-hydrogen) atoms. The molecule has 0 bridgehead atoms. The Balaban J connectivity index is 2.18. The van der Waals surface area contributed by atoms with Gasteiger partial charge in [0, 0.05) is 23.0 Å². The number of benzene rings is 1. The molecule has 0 unspecified atom stereocenters. The van der Waals surface area contributed by atoms with E-state index in [9.17, 15) is 13.2 Å². The van der Waals surface area contributed by atoms with Crippen LogP contribution in [0.4, 0.5) is 30.6 Å². The largest absolute Gasteiger partial charge is 0.416 e. The number of nitrogens with zero attached hydrogens (tertiary/aromatic N) is 3. The van der Waals surface area contributed by atoms with E-state index in [1.807, 2.05) is 0 Å². The van der Waals surface area contributed by atoms with Crippen LogP contribution in [0.1, 0.15) is 22.4 Å². The molecule has 3 aromatic rings. The van der Waals surface area contributed by atoms with E-state index in [0.29, 0.717) is 22.6 Å². The highest BCUT2D eigenvalue weighted by Crippen LogP contribution is 2.35. The number of halogens is 3. The van der Waals surface area contributed by atoms with Crippen LogP contribution in [-0.2, 0) is 6.18 Å². The van der Waals surface area contributed by atoms with Crippen LogP contribution < -0.4 is 17.2 Å². The fraction of sp³-hybridized carbons (Fsp3) is 0.105. The van der Waals surface area contributed by atoms with Crippen molar-refractivity contribution in [2.24, 2.45) is 0 Å². The van der Waals surface area contributed by atoms with E-state index in [2.05, 4.69) is 26.8 Å². The Kier molecular flexibility index (Phi) is 4.79. The molecule has 3 rings (SSSR count). The van der Waals surface area contributed by atoms with Gasteiger partial charge in [0.25, 0.3) is 0 Å². The van der Waals surface area contributed by atoms with Crippen LogP contribution in [0.15, 0.2) is 36.5 Å². The maximum atomic E-state index is 13.2. The molecule has 2 heterocycles. The number of nitrogens with two attached hydrogens (primary N) is 3. The van der Waals surface area contributed by atoms with E-state index in [1.54, 1.807) is 19.1 Å². The molecule has 2 aromatic heterocycles. The Bertz CT molecular complexity index is 1100. The lowest BCUT2D eigenvalue weighted by atomic mass is 10.0. The highest BCUT2D eigenvalue weighted by Gasteiger charge is 2.31. The molecule has 0 fully saturated rings. The van der Waals surface area contributed by atoms with Gasteiger partial charge in [-0.2, -0.15) is 13.2 Å². The quantitative estimate of drug-likeness (QED) is 0.439. The molecular weight excluding hydrogens is 369 g/mol. The van der Waals surface area contributed by atoms with E-state index in [-0.39, 0.29) is 22.9 Å². The average molecular weight is 384 g/mol. The Labute approximate surface area is 158 Å². The number of alkyl halides is 3. The zero-order chi connectivity index (χ0) is 20.5. The lowest BCUT2D eigenvalue weighted by Gasteiger charge is -2.12. The summed E-state index contributed by atoms with van der Waals surface area (Å²) in [7, 11) is 0. The van der Waals surface area contributed by atoms with Crippen molar-refractivity contribution in [2.75, 3.05) is 17.2 Å². The smallest absolute Gasteiger partial charge is 0.399 e. The monoisotopic (exact) mass is 384 g/mol. The first-order chi connectivity index (χ1) is 13.1. The van der Waals surface area contributed by atoms with Crippen molar-refractivity contribution in [1.29, 1.82) is 0 Å². The van der Waals surface area contributed by atoms with E-state index in [0.717, 1.165) is 12.1 Å². The third-order valence-electron chi connectivity index (χ3n) is 3.78. The van der Waals surface area contributed by atoms with Crippen LogP contribution in [0, 0.1) is 18.8 Å². The molecule has 0 saturated carbocycles. The van der Waals surface area contributed by atoms with Crippen LogP contribution in [0.25, 0.3) is 11.3 Å². The maximum absolute atomic E-state index is 13.2. The van der Waals surface area contributed by atoms with Gasteiger partial charge in [0.2, 0.25) is 5.95 Å². The first-order valence-corrected chi connectivity index (χ1v) is 7.99. The van der Waals surface area contributed by atoms with Crippen molar-refractivity contribution in [3.05, 3.63) is 58.9 Å². The highest BCUT2D eigenvalue weighted by atomic mass is 19.4. The van der Waals surface area contributed by atoms with Gasteiger partial charge >= 0.3 is 6.18 Å². The second-order valence-electron chi connectivity index (χ2n) is 5.95. The zero-order valence-corrected chi connectivity index (χ0v) is 14.7. The topological polar surface area (TPSA) is 117 Å². The minimum Gasteiger partial charge on any atom is -0.399 e. The second-order valence-corrected chi connectivity index (χ2v) is 5.95. The summed E-state index contributed by atoms with van der Waals surface area (Å²) in [5.41, 5.74) is 17.6. The number of aromatic nitrogens is 3. The van der Waals surface area contributed by atoms with Gasteiger partial charge in [-0.25, -0.2) is 15.0 Å². The highest BCUT2D eigenvalue weighted by molar-refractivity contribution is 5.73. The molecule has 0 spiro atoms. The number of hydrogen-bond acceptors (Lipinski definition) is 6. The van der Waals surface area contributed by atoms with E-state index in [4.69, 9.17) is 17.2 Å². The predicted molar refractivity (Wildman–Crippen MR) is 101 cm³/mol. The van der Waals surface area contributed by atoms with Gasteiger partial charge in [-0.05, 0) is 37.3 Å². The first kappa shape index (κ1) is 19.0. The van der Waals surface area contributed by atoms with Gasteiger partial charge in [0.15, 0.2) is 0 Å². The van der Waals surface area contributed by atoms with Gasteiger partial charge < -0.3 is 17.2 Å². The fourth-order valence-electron chi connectivity index (χ4n) is 2.52. The van der Waals surface area contributed by atoms with Crippen molar-refractivity contribution in [1.82, 2.24) is 15.0 Å². The predicted octanol–water partition coefficient (Wildman–Crippen LogP) is 3.01. The number of nitrogen functional groups attached to an aromatic ring is 3. The van der Waals surface area contributed by atoms with Gasteiger partial charge in [0.1, 0.15) is 5.82 Å². The van der Waals surface area contributed by atoms with Crippen LogP contribution >= 0.6 is 0 Å². The lowest BCUT2D eigenvalue weighted by molar-refractivity contribution is -0.137. The van der Waals surface area contributed by atoms with Crippen molar-refractivity contribution in [3.8, 4) is 23.1 Å². The molecule has 6 nitrogen and oxygen atoms in total. The van der Waals surface area contributed by atoms with Crippen molar-refractivity contribution in [2.45, 2.75) is 13.1 Å². The molecule has 0 amide bonds. The zero-order valence-electron chi connectivity index (χ0n) is 14.7. The molecule has 0 aliphatic carbocycles. The lowest BCUT2D eigenvalue weighted by Crippen LogP contribution is -2.07. The third kappa shape index (κ3) is 4.12. The van der Waals surface area contributed by atoms with Crippen LogP contribution in [0.3, 0.4) is 0 Å². The molecule has 0 saturated heterocycles. The van der Waals surface area contributed by atoms with Gasteiger partial charge in [0.05, 0.1) is 22.5 Å². The minimum absolute atomic E-state index is 0.0543. The molecule has 0 aliphatic heterocycles. The fourth-order valence-corrected chi connectivity index (χ4v) is 2.52. The number of aryl methyl sites for hydroxylation is 1. The van der Waals surface area contributed by atoms with E-state index >= 15 is 0 Å². The summed E-state index contributed by atoms with van der Waals surface area (Å²) in [5.74, 6) is 6.03. The van der Waals surface area contributed by atoms with Gasteiger partial charge in [-0.15, -0.1) is 0 Å². The molecule has 0 radical (unpaired) electrons. The summed E-state index contributed by atoms with van der Waals surface area (Å²) in [4.78, 5) is 12.1. The molecule has 0 atom stereocenters.